The summed E-state index contributed by atoms with van der Waals surface area (Å²) in [5, 5.41) is 6.02. The van der Waals surface area contributed by atoms with Gasteiger partial charge in [-0.2, -0.15) is 0 Å². The topological polar surface area (TPSA) is 54.5 Å². The molecule has 1 aromatic heterocycles. The van der Waals surface area contributed by atoms with Gasteiger partial charge in [-0.1, -0.05) is 19.9 Å². The second-order valence-corrected chi connectivity index (χ2v) is 7.10. The van der Waals surface area contributed by atoms with Gasteiger partial charge in [0, 0.05) is 35.8 Å². The van der Waals surface area contributed by atoms with Crippen molar-refractivity contribution in [2.24, 2.45) is 0 Å². The zero-order valence-electron chi connectivity index (χ0n) is 14.1. The Morgan fingerprint density at radius 1 is 1.38 bits per heavy atom. The molecule has 1 saturated heterocycles. The molecule has 5 nitrogen and oxygen atoms in total. The standard InChI is InChI=1S/C18H23N3O2S/c1-13(2)18-20-15(12-24-18)11-17(22)19-14-4-3-5-16(10-14)21-6-8-23-9-7-21/h3-5,10,12-13H,6-9,11H2,1-2H3,(H,19,22). The lowest BCUT2D eigenvalue weighted by molar-refractivity contribution is -0.115. The van der Waals surface area contributed by atoms with Gasteiger partial charge in [-0.05, 0) is 18.2 Å². The summed E-state index contributed by atoms with van der Waals surface area (Å²) in [5.74, 6) is 0.367. The highest BCUT2D eigenvalue weighted by atomic mass is 32.1. The Balaban J connectivity index is 1.61. The van der Waals surface area contributed by atoms with E-state index in [0.717, 1.165) is 48.4 Å². The molecule has 1 N–H and O–H groups in total. The molecule has 0 aliphatic carbocycles. The number of benzene rings is 1. The highest BCUT2D eigenvalue weighted by molar-refractivity contribution is 7.09. The summed E-state index contributed by atoms with van der Waals surface area (Å²) in [6.07, 6.45) is 0.311. The minimum absolute atomic E-state index is 0.0327. The fourth-order valence-corrected chi connectivity index (χ4v) is 3.48. The summed E-state index contributed by atoms with van der Waals surface area (Å²) >= 11 is 1.62. The first kappa shape index (κ1) is 16.9. The number of thiazole rings is 1. The van der Waals surface area contributed by atoms with Crippen LogP contribution in [-0.2, 0) is 16.0 Å². The van der Waals surface area contributed by atoms with Crippen LogP contribution >= 0.6 is 11.3 Å². The van der Waals surface area contributed by atoms with E-state index in [2.05, 4.69) is 35.1 Å². The van der Waals surface area contributed by atoms with Gasteiger partial charge < -0.3 is 15.0 Å². The molecular weight excluding hydrogens is 322 g/mol. The van der Waals surface area contributed by atoms with E-state index in [1.807, 2.05) is 23.6 Å². The Hall–Kier alpha value is -1.92. The number of nitrogens with one attached hydrogen (secondary N) is 1. The van der Waals surface area contributed by atoms with Crippen molar-refractivity contribution in [1.82, 2.24) is 4.98 Å². The number of nitrogens with zero attached hydrogens (tertiary/aromatic N) is 2. The van der Waals surface area contributed by atoms with Gasteiger partial charge in [-0.15, -0.1) is 11.3 Å². The maximum absolute atomic E-state index is 12.3. The molecule has 0 radical (unpaired) electrons. The van der Waals surface area contributed by atoms with Gasteiger partial charge in [0.2, 0.25) is 5.91 Å². The van der Waals surface area contributed by atoms with E-state index in [1.54, 1.807) is 11.3 Å². The van der Waals surface area contributed by atoms with E-state index < -0.39 is 0 Å². The van der Waals surface area contributed by atoms with Crippen molar-refractivity contribution in [2.75, 3.05) is 36.5 Å². The zero-order chi connectivity index (χ0) is 16.9. The van der Waals surface area contributed by atoms with Crippen LogP contribution in [0.2, 0.25) is 0 Å². The monoisotopic (exact) mass is 345 g/mol. The van der Waals surface area contributed by atoms with Crippen LogP contribution in [0.3, 0.4) is 0 Å². The number of carbonyl (C=O) groups excluding carboxylic acids is 1. The van der Waals surface area contributed by atoms with E-state index in [-0.39, 0.29) is 5.91 Å². The second kappa shape index (κ2) is 7.77. The Morgan fingerprint density at radius 3 is 2.88 bits per heavy atom. The van der Waals surface area contributed by atoms with E-state index in [0.29, 0.717) is 12.3 Å². The zero-order valence-corrected chi connectivity index (χ0v) is 14.9. The number of hydrogen-bond acceptors (Lipinski definition) is 5. The molecule has 1 amide bonds. The largest absolute Gasteiger partial charge is 0.378 e. The van der Waals surface area contributed by atoms with Crippen LogP contribution in [0, 0.1) is 0 Å². The number of anilines is 2. The van der Waals surface area contributed by atoms with Crippen LogP contribution in [-0.4, -0.2) is 37.2 Å². The van der Waals surface area contributed by atoms with Gasteiger partial charge in [-0.3, -0.25) is 4.79 Å². The quantitative estimate of drug-likeness (QED) is 0.903. The normalized spacial score (nSPS) is 14.9. The Kier molecular flexibility index (Phi) is 5.48. The minimum atomic E-state index is -0.0327. The molecule has 1 aromatic carbocycles. The minimum Gasteiger partial charge on any atom is -0.378 e. The van der Waals surface area contributed by atoms with Crippen LogP contribution < -0.4 is 10.2 Å². The Morgan fingerprint density at radius 2 is 2.17 bits per heavy atom. The lowest BCUT2D eigenvalue weighted by Crippen LogP contribution is -2.36. The molecular formula is C18H23N3O2S. The number of morpholine rings is 1. The number of aromatic nitrogens is 1. The number of amides is 1. The van der Waals surface area contributed by atoms with Crippen LogP contribution in [0.5, 0.6) is 0 Å². The van der Waals surface area contributed by atoms with Crippen molar-refractivity contribution in [1.29, 1.82) is 0 Å². The molecule has 0 bridgehead atoms. The Labute approximate surface area is 146 Å². The third kappa shape index (κ3) is 4.33. The molecule has 1 fully saturated rings. The molecule has 0 saturated carbocycles. The van der Waals surface area contributed by atoms with Crippen LogP contribution in [0.25, 0.3) is 0 Å². The van der Waals surface area contributed by atoms with E-state index in [1.165, 1.54) is 0 Å². The molecule has 6 heteroatoms. The Bertz CT molecular complexity index is 693. The first-order chi connectivity index (χ1) is 11.6. The fourth-order valence-electron chi connectivity index (χ4n) is 2.64. The van der Waals surface area contributed by atoms with Crippen molar-refractivity contribution < 1.29 is 9.53 Å². The third-order valence-corrected chi connectivity index (χ3v) is 5.11. The molecule has 2 aromatic rings. The highest BCUT2D eigenvalue weighted by Crippen LogP contribution is 2.22. The summed E-state index contributed by atoms with van der Waals surface area (Å²) in [4.78, 5) is 19.1. The molecule has 0 unspecified atom stereocenters. The molecule has 0 spiro atoms. The van der Waals surface area contributed by atoms with Crippen molar-refractivity contribution >= 4 is 28.6 Å². The van der Waals surface area contributed by atoms with Gasteiger partial charge in [0.1, 0.15) is 0 Å². The van der Waals surface area contributed by atoms with Crippen molar-refractivity contribution in [3.63, 3.8) is 0 Å². The van der Waals surface area contributed by atoms with Gasteiger partial charge in [-0.25, -0.2) is 4.98 Å². The average molecular weight is 345 g/mol. The van der Waals surface area contributed by atoms with E-state index in [9.17, 15) is 4.79 Å². The number of carbonyl (C=O) groups is 1. The first-order valence-corrected chi connectivity index (χ1v) is 9.16. The number of hydrogen-bond donors (Lipinski definition) is 1. The van der Waals surface area contributed by atoms with Crippen molar-refractivity contribution in [3.05, 3.63) is 40.3 Å². The molecule has 1 aliphatic heterocycles. The summed E-state index contributed by atoms with van der Waals surface area (Å²) in [6, 6.07) is 7.97. The molecule has 0 atom stereocenters. The predicted octanol–water partition coefficient (Wildman–Crippen LogP) is 3.28. The second-order valence-electron chi connectivity index (χ2n) is 6.21. The third-order valence-electron chi connectivity index (χ3n) is 3.91. The van der Waals surface area contributed by atoms with Gasteiger partial charge in [0.25, 0.3) is 0 Å². The average Bonchev–Trinajstić information content (AvgIpc) is 3.04. The van der Waals surface area contributed by atoms with Gasteiger partial charge in [0.05, 0.1) is 30.3 Å². The molecule has 128 valence electrons. The predicted molar refractivity (Wildman–Crippen MR) is 98.0 cm³/mol. The lowest BCUT2D eigenvalue weighted by Gasteiger charge is -2.29. The SMILES string of the molecule is CC(C)c1nc(CC(=O)Nc2cccc(N3CCOCC3)c2)cs1. The van der Waals surface area contributed by atoms with Gasteiger partial charge >= 0.3 is 0 Å². The van der Waals surface area contributed by atoms with Crippen molar-refractivity contribution in [3.8, 4) is 0 Å². The summed E-state index contributed by atoms with van der Waals surface area (Å²) in [6.45, 7) is 7.49. The fraction of sp³-hybridized carbons (Fsp3) is 0.444. The van der Waals surface area contributed by atoms with Crippen LogP contribution in [0.4, 0.5) is 11.4 Å². The van der Waals surface area contributed by atoms with E-state index in [4.69, 9.17) is 4.74 Å². The van der Waals surface area contributed by atoms with Crippen molar-refractivity contribution in [2.45, 2.75) is 26.2 Å². The smallest absolute Gasteiger partial charge is 0.230 e. The maximum Gasteiger partial charge on any atom is 0.230 e. The number of ether oxygens (including phenoxy) is 1. The highest BCUT2D eigenvalue weighted by Gasteiger charge is 2.13. The van der Waals surface area contributed by atoms with E-state index >= 15 is 0 Å². The number of rotatable bonds is 5. The van der Waals surface area contributed by atoms with Crippen LogP contribution in [0.1, 0.15) is 30.5 Å². The lowest BCUT2D eigenvalue weighted by atomic mass is 10.2. The molecule has 1 aliphatic rings. The summed E-state index contributed by atoms with van der Waals surface area (Å²) in [7, 11) is 0. The summed E-state index contributed by atoms with van der Waals surface area (Å²) in [5.41, 5.74) is 2.78. The van der Waals surface area contributed by atoms with Gasteiger partial charge in [0.15, 0.2) is 0 Å². The molecule has 24 heavy (non-hydrogen) atoms. The first-order valence-electron chi connectivity index (χ1n) is 8.29. The maximum atomic E-state index is 12.3. The molecule has 2 heterocycles. The van der Waals surface area contributed by atoms with Crippen LogP contribution in [0.15, 0.2) is 29.6 Å². The summed E-state index contributed by atoms with van der Waals surface area (Å²) < 4.78 is 5.38. The molecule has 3 rings (SSSR count).